The molecule has 2 aromatic heterocycles. The lowest BCUT2D eigenvalue weighted by Gasteiger charge is -2.37. The number of piperidine rings is 1. The summed E-state index contributed by atoms with van der Waals surface area (Å²) in [7, 11) is 3.72. The molecule has 0 N–H and O–H groups in total. The zero-order valence-electron chi connectivity index (χ0n) is 13.3. The zero-order chi connectivity index (χ0) is 16.4. The monoisotopic (exact) mass is 377 g/mol. The van der Waals surface area contributed by atoms with Crippen molar-refractivity contribution >= 4 is 27.7 Å². The maximum atomic E-state index is 12.6. The predicted molar refractivity (Wildman–Crippen MR) is 92.5 cm³/mol. The first-order valence-corrected chi connectivity index (χ1v) is 8.46. The van der Waals surface area contributed by atoms with Gasteiger partial charge in [-0.3, -0.25) is 4.79 Å². The molecule has 122 valence electrons. The lowest BCUT2D eigenvalue weighted by atomic mass is 10.0. The van der Waals surface area contributed by atoms with E-state index in [1.54, 1.807) is 17.1 Å². The minimum absolute atomic E-state index is 0.0301. The van der Waals surface area contributed by atoms with Crippen LogP contribution in [0.1, 0.15) is 23.3 Å². The Hall–Kier alpha value is -1.89. The molecule has 0 unspecified atom stereocenters. The molecule has 0 aromatic carbocycles. The molecule has 1 aliphatic heterocycles. The molecule has 0 saturated carbocycles. The van der Waals surface area contributed by atoms with Crippen LogP contribution < -0.4 is 4.90 Å². The molecule has 7 heteroatoms. The van der Waals surface area contributed by atoms with Crippen LogP contribution in [0.2, 0.25) is 0 Å². The van der Waals surface area contributed by atoms with Crippen LogP contribution in [-0.4, -0.2) is 51.5 Å². The fraction of sp³-hybridized carbons (Fsp3) is 0.438. The van der Waals surface area contributed by atoms with Crippen molar-refractivity contribution in [1.29, 1.82) is 0 Å². The zero-order valence-corrected chi connectivity index (χ0v) is 14.9. The molecule has 1 saturated heterocycles. The number of amides is 1. The van der Waals surface area contributed by atoms with E-state index in [2.05, 4.69) is 30.8 Å². The Morgan fingerprint density at radius 2 is 2.13 bits per heavy atom. The number of carbonyl (C=O) groups excluding carboxylic acids is 1. The van der Waals surface area contributed by atoms with Crippen LogP contribution in [-0.2, 0) is 7.05 Å². The summed E-state index contributed by atoms with van der Waals surface area (Å²) in [5, 5.41) is 0. The number of aryl methyl sites for hydroxylation is 1. The largest absolute Gasteiger partial charge is 0.356 e. The Balaban J connectivity index is 1.64. The molecular weight excluding hydrogens is 358 g/mol. The van der Waals surface area contributed by atoms with Gasteiger partial charge in [-0.2, -0.15) is 0 Å². The van der Waals surface area contributed by atoms with E-state index in [0.717, 1.165) is 36.2 Å². The number of rotatable bonds is 3. The number of nitrogens with zero attached hydrogens (tertiary/aromatic N) is 5. The summed E-state index contributed by atoms with van der Waals surface area (Å²) in [6, 6.07) is 4.17. The first-order chi connectivity index (χ1) is 11.1. The van der Waals surface area contributed by atoms with E-state index >= 15 is 0 Å². The summed E-state index contributed by atoms with van der Waals surface area (Å²) in [6.07, 6.45) is 6.96. The first-order valence-electron chi connectivity index (χ1n) is 7.67. The number of aromatic nitrogens is 3. The lowest BCUT2D eigenvalue weighted by Crippen LogP contribution is -2.46. The van der Waals surface area contributed by atoms with Crippen molar-refractivity contribution in [1.82, 2.24) is 19.4 Å². The van der Waals surface area contributed by atoms with Gasteiger partial charge in [0.1, 0.15) is 11.5 Å². The highest BCUT2D eigenvalue weighted by molar-refractivity contribution is 9.10. The van der Waals surface area contributed by atoms with Crippen LogP contribution in [0.15, 0.2) is 35.3 Å². The van der Waals surface area contributed by atoms with Gasteiger partial charge in [0.15, 0.2) is 0 Å². The molecule has 0 radical (unpaired) electrons. The third-order valence-electron chi connectivity index (χ3n) is 4.41. The highest BCUT2D eigenvalue weighted by Gasteiger charge is 2.28. The Morgan fingerprint density at radius 1 is 1.39 bits per heavy atom. The summed E-state index contributed by atoms with van der Waals surface area (Å²) in [6.45, 7) is 1.78. The van der Waals surface area contributed by atoms with Crippen molar-refractivity contribution in [2.45, 2.75) is 18.9 Å². The molecule has 0 aliphatic carbocycles. The molecule has 0 bridgehead atoms. The standard InChI is InChI=1S/C16H20BrN5O/c1-20-11-18-10-14(20)16(23)21(2)12-5-8-22(9-6-12)15-13(17)4-3-7-19-15/h3-4,7,10-12H,5-6,8-9H2,1-2H3. The van der Waals surface area contributed by atoms with Crippen LogP contribution in [0, 0.1) is 0 Å². The number of imidazole rings is 1. The van der Waals surface area contributed by atoms with Gasteiger partial charge < -0.3 is 14.4 Å². The van der Waals surface area contributed by atoms with Crippen LogP contribution in [0.3, 0.4) is 0 Å². The smallest absolute Gasteiger partial charge is 0.272 e. The number of hydrogen-bond acceptors (Lipinski definition) is 4. The highest BCUT2D eigenvalue weighted by Crippen LogP contribution is 2.27. The third-order valence-corrected chi connectivity index (χ3v) is 5.03. The van der Waals surface area contributed by atoms with Crippen molar-refractivity contribution in [2.75, 3.05) is 25.0 Å². The molecule has 6 nitrogen and oxygen atoms in total. The number of halogens is 1. The van der Waals surface area contributed by atoms with Crippen LogP contribution in [0.4, 0.5) is 5.82 Å². The van der Waals surface area contributed by atoms with Gasteiger partial charge in [0.05, 0.1) is 17.0 Å². The van der Waals surface area contributed by atoms with Gasteiger partial charge in [-0.15, -0.1) is 0 Å². The fourth-order valence-corrected chi connectivity index (χ4v) is 3.49. The van der Waals surface area contributed by atoms with Gasteiger partial charge in [0, 0.05) is 39.4 Å². The quantitative estimate of drug-likeness (QED) is 0.823. The average molecular weight is 378 g/mol. The minimum Gasteiger partial charge on any atom is -0.356 e. The first kappa shape index (κ1) is 16.0. The second kappa shape index (κ2) is 6.70. The normalized spacial score (nSPS) is 15.7. The average Bonchev–Trinajstić information content (AvgIpc) is 3.00. The van der Waals surface area contributed by atoms with Crippen molar-refractivity contribution in [3.63, 3.8) is 0 Å². The van der Waals surface area contributed by atoms with Crippen LogP contribution in [0.25, 0.3) is 0 Å². The fourth-order valence-electron chi connectivity index (χ4n) is 2.98. The number of pyridine rings is 1. The van der Waals surface area contributed by atoms with Gasteiger partial charge in [-0.1, -0.05) is 0 Å². The van der Waals surface area contributed by atoms with E-state index in [0.29, 0.717) is 5.69 Å². The van der Waals surface area contributed by atoms with Crippen molar-refractivity contribution in [2.24, 2.45) is 7.05 Å². The maximum Gasteiger partial charge on any atom is 0.272 e. The molecule has 2 aromatic rings. The second-order valence-corrected chi connectivity index (χ2v) is 6.69. The van der Waals surface area contributed by atoms with E-state index in [1.165, 1.54) is 0 Å². The van der Waals surface area contributed by atoms with Crippen molar-refractivity contribution < 1.29 is 4.79 Å². The minimum atomic E-state index is 0.0301. The van der Waals surface area contributed by atoms with Gasteiger partial charge in [0.2, 0.25) is 0 Å². The van der Waals surface area contributed by atoms with E-state index in [4.69, 9.17) is 0 Å². The second-order valence-electron chi connectivity index (χ2n) is 5.83. The number of carbonyl (C=O) groups is 1. The van der Waals surface area contributed by atoms with Crippen LogP contribution in [0.5, 0.6) is 0 Å². The number of hydrogen-bond donors (Lipinski definition) is 0. The summed E-state index contributed by atoms with van der Waals surface area (Å²) in [4.78, 5) is 25.2. The SMILES string of the molecule is CN(C(=O)c1cncn1C)C1CCN(c2ncccc2Br)CC1. The predicted octanol–water partition coefficient (Wildman–Crippen LogP) is 2.32. The van der Waals surface area contributed by atoms with E-state index < -0.39 is 0 Å². The van der Waals surface area contributed by atoms with Crippen LogP contribution >= 0.6 is 15.9 Å². The van der Waals surface area contributed by atoms with E-state index in [9.17, 15) is 4.79 Å². The van der Waals surface area contributed by atoms with Gasteiger partial charge in [0.25, 0.3) is 5.91 Å². The Kier molecular flexibility index (Phi) is 4.66. The molecule has 1 fully saturated rings. The topological polar surface area (TPSA) is 54.3 Å². The summed E-state index contributed by atoms with van der Waals surface area (Å²) in [5.41, 5.74) is 0.627. The highest BCUT2D eigenvalue weighted by atomic mass is 79.9. The van der Waals surface area contributed by atoms with Crippen molar-refractivity contribution in [3.8, 4) is 0 Å². The van der Waals surface area contributed by atoms with E-state index in [1.807, 2.05) is 37.3 Å². The Morgan fingerprint density at radius 3 is 2.74 bits per heavy atom. The molecular formula is C16H20BrN5O. The summed E-state index contributed by atoms with van der Waals surface area (Å²) >= 11 is 3.55. The van der Waals surface area contributed by atoms with Gasteiger partial charge >= 0.3 is 0 Å². The molecule has 0 spiro atoms. The summed E-state index contributed by atoms with van der Waals surface area (Å²) in [5.74, 6) is 1.01. The molecule has 1 aliphatic rings. The Labute approximate surface area is 144 Å². The molecule has 3 rings (SSSR count). The molecule has 23 heavy (non-hydrogen) atoms. The molecule has 0 atom stereocenters. The lowest BCUT2D eigenvalue weighted by molar-refractivity contribution is 0.0699. The number of anilines is 1. The molecule has 1 amide bonds. The summed E-state index contributed by atoms with van der Waals surface area (Å²) < 4.78 is 2.77. The van der Waals surface area contributed by atoms with Crippen molar-refractivity contribution in [3.05, 3.63) is 41.0 Å². The molecule has 3 heterocycles. The third kappa shape index (κ3) is 3.24. The van der Waals surface area contributed by atoms with Gasteiger partial charge in [-0.05, 0) is 40.9 Å². The maximum absolute atomic E-state index is 12.6. The Bertz CT molecular complexity index is 693. The van der Waals surface area contributed by atoms with Gasteiger partial charge in [-0.25, -0.2) is 9.97 Å². The van der Waals surface area contributed by atoms with E-state index in [-0.39, 0.29) is 11.9 Å².